The first-order valence-electron chi connectivity index (χ1n) is 7.43. The maximum Gasteiger partial charge on any atom is 0.336 e. The highest BCUT2D eigenvalue weighted by Gasteiger charge is 2.20. The first-order chi connectivity index (χ1) is 12.5. The monoisotopic (exact) mass is 352 g/mol. The molecule has 2 aromatic carbocycles. The van der Waals surface area contributed by atoms with Crippen LogP contribution in [0.3, 0.4) is 0 Å². The van der Waals surface area contributed by atoms with Gasteiger partial charge in [-0.15, -0.1) is 0 Å². The molecule has 2 N–H and O–H groups in total. The molecule has 3 aromatic rings. The van der Waals surface area contributed by atoms with Crippen LogP contribution in [0.5, 0.6) is 5.75 Å². The van der Waals surface area contributed by atoms with Crippen molar-refractivity contribution >= 4 is 34.6 Å². The van der Waals surface area contributed by atoms with E-state index in [4.69, 9.17) is 9.84 Å². The van der Waals surface area contributed by atoms with Crippen LogP contribution in [0.4, 0.5) is 5.69 Å². The zero-order valence-corrected chi connectivity index (χ0v) is 13.2. The number of carbonyl (C=O) groups is 2. The van der Waals surface area contributed by atoms with E-state index in [0.29, 0.717) is 0 Å². The fourth-order valence-electron chi connectivity index (χ4n) is 2.41. The number of nitrogens with one attached hydrogen (secondary N) is 1. The Balaban J connectivity index is 1.81. The Labute approximate surface area is 146 Å². The third kappa shape index (κ3) is 3.44. The molecule has 0 amide bonds. The highest BCUT2D eigenvalue weighted by atomic mass is 16.6. The fraction of sp³-hybridized carbons (Fsp3) is 0. The molecule has 0 spiro atoms. The molecule has 0 bridgehead atoms. The molecule has 0 aliphatic heterocycles. The molecule has 0 atom stereocenters. The van der Waals surface area contributed by atoms with Gasteiger partial charge in [-0.2, -0.15) is 0 Å². The Morgan fingerprint density at radius 3 is 2.69 bits per heavy atom. The van der Waals surface area contributed by atoms with E-state index in [1.54, 1.807) is 6.20 Å². The van der Waals surface area contributed by atoms with Crippen LogP contribution >= 0.6 is 0 Å². The van der Waals surface area contributed by atoms with E-state index in [1.807, 2.05) is 24.3 Å². The molecule has 0 unspecified atom stereocenters. The number of carboxylic acid groups (broad SMARTS) is 1. The lowest BCUT2D eigenvalue weighted by atomic mass is 10.1. The average molecular weight is 352 g/mol. The number of carboxylic acids is 1. The number of ether oxygens (including phenoxy) is 1. The highest BCUT2D eigenvalue weighted by molar-refractivity contribution is 5.95. The molecular formula is C18H12N2O6. The van der Waals surface area contributed by atoms with E-state index >= 15 is 0 Å². The lowest BCUT2D eigenvalue weighted by molar-refractivity contribution is -0.385. The highest BCUT2D eigenvalue weighted by Crippen LogP contribution is 2.28. The number of fused-ring (bicyclic) bond motifs is 1. The van der Waals surface area contributed by atoms with Crippen molar-refractivity contribution in [3.05, 3.63) is 76.0 Å². The second kappa shape index (κ2) is 6.89. The maximum absolute atomic E-state index is 12.0. The van der Waals surface area contributed by atoms with E-state index in [2.05, 4.69) is 4.98 Å². The summed E-state index contributed by atoms with van der Waals surface area (Å²) in [6, 6.07) is 10.6. The first-order valence-corrected chi connectivity index (χ1v) is 7.43. The zero-order valence-electron chi connectivity index (χ0n) is 13.2. The number of hydrogen-bond donors (Lipinski definition) is 2. The van der Waals surface area contributed by atoms with Gasteiger partial charge in [0.2, 0.25) is 5.75 Å². The zero-order chi connectivity index (χ0) is 18.7. The Hall–Kier alpha value is -3.94. The number of aromatic amines is 1. The molecule has 0 fully saturated rings. The van der Waals surface area contributed by atoms with Crippen molar-refractivity contribution in [3.8, 4) is 5.75 Å². The maximum atomic E-state index is 12.0. The molecule has 8 heteroatoms. The van der Waals surface area contributed by atoms with Crippen LogP contribution < -0.4 is 4.74 Å². The number of aromatic nitrogens is 1. The molecular weight excluding hydrogens is 340 g/mol. The molecule has 0 saturated carbocycles. The molecule has 8 nitrogen and oxygen atoms in total. The SMILES string of the molecule is O=C(C=Cc1c[nH]c2ccccc12)Oc1ccc(C(=O)O)cc1[N+](=O)[O-]. The quantitative estimate of drug-likeness (QED) is 0.238. The smallest absolute Gasteiger partial charge is 0.336 e. The van der Waals surface area contributed by atoms with Gasteiger partial charge < -0.3 is 14.8 Å². The number of carbonyl (C=O) groups excluding carboxylic acids is 1. The van der Waals surface area contributed by atoms with Crippen LogP contribution in [0.15, 0.2) is 54.7 Å². The van der Waals surface area contributed by atoms with Gasteiger partial charge in [-0.25, -0.2) is 9.59 Å². The molecule has 3 rings (SSSR count). The van der Waals surface area contributed by atoms with Gasteiger partial charge in [-0.3, -0.25) is 10.1 Å². The van der Waals surface area contributed by atoms with Crippen LogP contribution in [-0.2, 0) is 4.79 Å². The van der Waals surface area contributed by atoms with Crippen molar-refractivity contribution in [2.75, 3.05) is 0 Å². The first kappa shape index (κ1) is 16.9. The van der Waals surface area contributed by atoms with Crippen molar-refractivity contribution in [2.24, 2.45) is 0 Å². The predicted octanol–water partition coefficient (Wildman–Crippen LogP) is 3.39. The summed E-state index contributed by atoms with van der Waals surface area (Å²) in [5.74, 6) is -2.46. The van der Waals surface area contributed by atoms with Crippen molar-refractivity contribution in [3.63, 3.8) is 0 Å². The van der Waals surface area contributed by atoms with Crippen LogP contribution in [0.2, 0.25) is 0 Å². The van der Waals surface area contributed by atoms with Gasteiger partial charge in [0.25, 0.3) is 0 Å². The van der Waals surface area contributed by atoms with Crippen molar-refractivity contribution in [2.45, 2.75) is 0 Å². The number of para-hydroxylation sites is 1. The molecule has 1 aromatic heterocycles. The van der Waals surface area contributed by atoms with E-state index in [0.717, 1.165) is 40.7 Å². The minimum Gasteiger partial charge on any atom is -0.478 e. The largest absolute Gasteiger partial charge is 0.478 e. The van der Waals surface area contributed by atoms with E-state index < -0.39 is 22.5 Å². The van der Waals surface area contributed by atoms with Gasteiger partial charge in [0.05, 0.1) is 10.5 Å². The number of nitro groups is 1. The number of H-pyrrole nitrogens is 1. The lowest BCUT2D eigenvalue weighted by Gasteiger charge is -2.03. The van der Waals surface area contributed by atoms with Gasteiger partial charge in [-0.05, 0) is 24.3 Å². The molecule has 26 heavy (non-hydrogen) atoms. The summed E-state index contributed by atoms with van der Waals surface area (Å²) in [7, 11) is 0. The second-order valence-corrected chi connectivity index (χ2v) is 5.29. The summed E-state index contributed by atoms with van der Waals surface area (Å²) >= 11 is 0. The number of nitrogens with zero attached hydrogens (tertiary/aromatic N) is 1. The summed E-state index contributed by atoms with van der Waals surface area (Å²) in [6.07, 6.45) is 4.39. The van der Waals surface area contributed by atoms with Crippen LogP contribution in [0, 0.1) is 10.1 Å². The number of hydrogen-bond acceptors (Lipinski definition) is 5. The number of esters is 1. The van der Waals surface area contributed by atoms with Crippen molar-refractivity contribution in [1.82, 2.24) is 4.98 Å². The standard InChI is InChI=1S/C18H12N2O6/c21-17(8-6-12-10-19-14-4-2-1-3-13(12)14)26-16-7-5-11(18(22)23)9-15(16)20(24)25/h1-10,19H,(H,22,23). The van der Waals surface area contributed by atoms with Gasteiger partial charge in [0.15, 0.2) is 0 Å². The molecule has 130 valence electrons. The summed E-state index contributed by atoms with van der Waals surface area (Å²) in [5, 5.41) is 20.9. The Morgan fingerprint density at radius 2 is 1.96 bits per heavy atom. The van der Waals surface area contributed by atoms with Gasteiger partial charge in [-0.1, -0.05) is 18.2 Å². The number of nitro benzene ring substituents is 1. The van der Waals surface area contributed by atoms with Crippen molar-refractivity contribution < 1.29 is 24.4 Å². The fourth-order valence-corrected chi connectivity index (χ4v) is 2.41. The number of benzene rings is 2. The Morgan fingerprint density at radius 1 is 1.19 bits per heavy atom. The van der Waals surface area contributed by atoms with Gasteiger partial charge in [0, 0.05) is 34.8 Å². The molecule has 0 radical (unpaired) electrons. The normalized spacial score (nSPS) is 10.9. The second-order valence-electron chi connectivity index (χ2n) is 5.29. The minimum atomic E-state index is -1.31. The molecule has 0 aliphatic rings. The van der Waals surface area contributed by atoms with Crippen LogP contribution in [0.1, 0.15) is 15.9 Å². The summed E-state index contributed by atoms with van der Waals surface area (Å²) in [4.78, 5) is 36.2. The van der Waals surface area contributed by atoms with Crippen molar-refractivity contribution in [1.29, 1.82) is 0 Å². The third-order valence-electron chi connectivity index (χ3n) is 3.63. The third-order valence-corrected chi connectivity index (χ3v) is 3.63. The van der Waals surface area contributed by atoms with Gasteiger partial charge in [0.1, 0.15) is 0 Å². The minimum absolute atomic E-state index is 0.272. The van der Waals surface area contributed by atoms with E-state index in [9.17, 15) is 19.7 Å². The summed E-state index contributed by atoms with van der Waals surface area (Å²) in [6.45, 7) is 0. The molecule has 0 aliphatic carbocycles. The summed E-state index contributed by atoms with van der Waals surface area (Å²) < 4.78 is 4.98. The van der Waals surface area contributed by atoms with E-state index in [1.165, 1.54) is 6.08 Å². The molecule has 1 heterocycles. The van der Waals surface area contributed by atoms with Crippen LogP contribution in [0.25, 0.3) is 17.0 Å². The number of aromatic carboxylic acids is 1. The van der Waals surface area contributed by atoms with E-state index in [-0.39, 0.29) is 11.3 Å². The van der Waals surface area contributed by atoms with Gasteiger partial charge >= 0.3 is 17.6 Å². The van der Waals surface area contributed by atoms with Crippen LogP contribution in [-0.4, -0.2) is 27.0 Å². The number of rotatable bonds is 5. The Bertz CT molecular complexity index is 1050. The molecule has 0 saturated heterocycles. The topological polar surface area (TPSA) is 123 Å². The Kier molecular flexibility index (Phi) is 4.48. The average Bonchev–Trinajstić information content (AvgIpc) is 3.03. The lowest BCUT2D eigenvalue weighted by Crippen LogP contribution is -2.07. The predicted molar refractivity (Wildman–Crippen MR) is 93.0 cm³/mol. The summed E-state index contributed by atoms with van der Waals surface area (Å²) in [5.41, 5.74) is 0.790.